The fourth-order valence-corrected chi connectivity index (χ4v) is 2.37. The molecule has 1 aliphatic rings. The number of carbonyl (C=O) groups excluding carboxylic acids is 1. The fraction of sp³-hybridized carbons (Fsp3) is 0.200. The second kappa shape index (κ2) is 4.39. The van der Waals surface area contributed by atoms with Crippen molar-refractivity contribution in [1.82, 2.24) is 0 Å². The van der Waals surface area contributed by atoms with Gasteiger partial charge in [-0.3, -0.25) is 4.79 Å². The van der Waals surface area contributed by atoms with E-state index in [1.165, 1.54) is 0 Å². The van der Waals surface area contributed by atoms with Crippen molar-refractivity contribution >= 4 is 22.3 Å². The van der Waals surface area contributed by atoms with Crippen molar-refractivity contribution in [3.05, 3.63) is 52.1 Å². The number of para-hydroxylation sites is 1. The molecule has 0 saturated heterocycles. The van der Waals surface area contributed by atoms with E-state index in [-0.39, 0.29) is 22.7 Å². The molecule has 0 atom stereocenters. The number of fused-ring (bicyclic) bond motifs is 1. The summed E-state index contributed by atoms with van der Waals surface area (Å²) in [5.41, 5.74) is 0.154. The smallest absolute Gasteiger partial charge is 0.344 e. The lowest BCUT2D eigenvalue weighted by molar-refractivity contribution is -0.114. The number of aliphatic hydroxyl groups is 1. The van der Waals surface area contributed by atoms with E-state index in [1.807, 2.05) is 6.07 Å². The highest BCUT2D eigenvalue weighted by molar-refractivity contribution is 6.22. The molecule has 0 aliphatic heterocycles. The molecular weight excluding hydrogens is 244 g/mol. The Morgan fingerprint density at radius 1 is 1.11 bits per heavy atom. The molecule has 96 valence electrons. The quantitative estimate of drug-likeness (QED) is 0.796. The van der Waals surface area contributed by atoms with E-state index < -0.39 is 5.63 Å². The zero-order valence-electron chi connectivity index (χ0n) is 10.2. The molecule has 0 amide bonds. The standard InChI is InChI=1S/C15H12O4/c16-11-5-3-6-12(17)14(11)10-8-9-4-1-2-7-13(9)19-15(10)18/h1-2,4,7-8,16H,3,5-6H2. The van der Waals surface area contributed by atoms with Crippen LogP contribution in [0.4, 0.5) is 0 Å². The topological polar surface area (TPSA) is 67.5 Å². The molecule has 1 aliphatic carbocycles. The predicted octanol–water partition coefficient (Wildman–Crippen LogP) is 2.82. The minimum Gasteiger partial charge on any atom is -0.512 e. The summed E-state index contributed by atoms with van der Waals surface area (Å²) in [7, 11) is 0. The number of allylic oxidation sites excluding steroid dienone is 2. The van der Waals surface area contributed by atoms with Gasteiger partial charge in [0.05, 0.1) is 11.1 Å². The van der Waals surface area contributed by atoms with Gasteiger partial charge in [0.25, 0.3) is 0 Å². The maximum absolute atomic E-state index is 12.0. The third kappa shape index (κ3) is 1.95. The number of carbonyl (C=O) groups is 1. The number of hydrogen-bond acceptors (Lipinski definition) is 4. The third-order valence-electron chi connectivity index (χ3n) is 3.30. The average Bonchev–Trinajstić information content (AvgIpc) is 2.39. The molecule has 1 heterocycles. The minimum atomic E-state index is -0.587. The molecular formula is C15H12O4. The predicted molar refractivity (Wildman–Crippen MR) is 70.9 cm³/mol. The highest BCUT2D eigenvalue weighted by atomic mass is 16.4. The Labute approximate surface area is 109 Å². The number of hydrogen-bond donors (Lipinski definition) is 1. The molecule has 4 nitrogen and oxygen atoms in total. The molecule has 1 aromatic heterocycles. The molecule has 1 N–H and O–H groups in total. The number of aliphatic hydroxyl groups excluding tert-OH is 1. The monoisotopic (exact) mass is 256 g/mol. The molecule has 0 saturated carbocycles. The molecule has 19 heavy (non-hydrogen) atoms. The van der Waals surface area contributed by atoms with Crippen LogP contribution in [0, 0.1) is 0 Å². The second-order valence-electron chi connectivity index (χ2n) is 4.58. The first-order chi connectivity index (χ1) is 9.16. The first-order valence-electron chi connectivity index (χ1n) is 6.15. The van der Waals surface area contributed by atoms with Gasteiger partial charge in [0, 0.05) is 18.2 Å². The molecule has 1 aromatic carbocycles. The van der Waals surface area contributed by atoms with E-state index in [9.17, 15) is 14.7 Å². The van der Waals surface area contributed by atoms with Crippen LogP contribution in [0.15, 0.2) is 45.3 Å². The lowest BCUT2D eigenvalue weighted by atomic mass is 9.91. The zero-order chi connectivity index (χ0) is 13.4. The number of benzene rings is 1. The third-order valence-corrected chi connectivity index (χ3v) is 3.30. The van der Waals surface area contributed by atoms with Crippen LogP contribution in [0.5, 0.6) is 0 Å². The van der Waals surface area contributed by atoms with Gasteiger partial charge >= 0.3 is 5.63 Å². The highest BCUT2D eigenvalue weighted by Crippen LogP contribution is 2.28. The summed E-state index contributed by atoms with van der Waals surface area (Å²) in [6.07, 6.45) is 1.39. The van der Waals surface area contributed by atoms with Crippen molar-refractivity contribution in [3.8, 4) is 0 Å². The molecule has 0 spiro atoms. The zero-order valence-corrected chi connectivity index (χ0v) is 10.2. The van der Waals surface area contributed by atoms with Crippen LogP contribution in [-0.4, -0.2) is 10.9 Å². The summed E-state index contributed by atoms with van der Waals surface area (Å²) in [4.78, 5) is 23.9. The molecule has 4 heteroatoms. The summed E-state index contributed by atoms with van der Waals surface area (Å²) in [5.74, 6) is -0.217. The normalized spacial score (nSPS) is 16.1. The van der Waals surface area contributed by atoms with Gasteiger partial charge in [-0.15, -0.1) is 0 Å². The van der Waals surface area contributed by atoms with Crippen LogP contribution in [0.25, 0.3) is 16.5 Å². The largest absolute Gasteiger partial charge is 0.512 e. The molecule has 0 unspecified atom stereocenters. The van der Waals surface area contributed by atoms with E-state index in [1.54, 1.807) is 24.3 Å². The van der Waals surface area contributed by atoms with E-state index in [0.29, 0.717) is 24.8 Å². The van der Waals surface area contributed by atoms with E-state index in [0.717, 1.165) is 5.39 Å². The van der Waals surface area contributed by atoms with Crippen LogP contribution in [-0.2, 0) is 4.79 Å². The van der Waals surface area contributed by atoms with Crippen LogP contribution in [0.2, 0.25) is 0 Å². The van der Waals surface area contributed by atoms with Crippen LogP contribution < -0.4 is 5.63 Å². The van der Waals surface area contributed by atoms with Crippen LogP contribution in [0.1, 0.15) is 24.8 Å². The van der Waals surface area contributed by atoms with Gasteiger partial charge < -0.3 is 9.52 Å². The maximum Gasteiger partial charge on any atom is 0.344 e. The van der Waals surface area contributed by atoms with Crippen molar-refractivity contribution in [2.24, 2.45) is 0 Å². The molecule has 0 radical (unpaired) electrons. The fourth-order valence-electron chi connectivity index (χ4n) is 2.37. The van der Waals surface area contributed by atoms with Crippen LogP contribution in [0.3, 0.4) is 0 Å². The number of rotatable bonds is 1. The lowest BCUT2D eigenvalue weighted by Gasteiger charge is -2.14. The SMILES string of the molecule is O=C1CCCC(O)=C1c1cc2ccccc2oc1=O. The van der Waals surface area contributed by atoms with Crippen molar-refractivity contribution in [3.63, 3.8) is 0 Å². The van der Waals surface area contributed by atoms with Crippen molar-refractivity contribution < 1.29 is 14.3 Å². The Bertz CT molecular complexity index is 752. The summed E-state index contributed by atoms with van der Waals surface area (Å²) >= 11 is 0. The number of ketones is 1. The first kappa shape index (κ1) is 11.7. The average molecular weight is 256 g/mol. The van der Waals surface area contributed by atoms with Gasteiger partial charge in [-0.1, -0.05) is 18.2 Å². The summed E-state index contributed by atoms with van der Waals surface area (Å²) in [5, 5.41) is 10.6. The maximum atomic E-state index is 12.0. The molecule has 0 bridgehead atoms. The van der Waals surface area contributed by atoms with E-state index in [2.05, 4.69) is 0 Å². The van der Waals surface area contributed by atoms with Gasteiger partial charge in [-0.05, 0) is 18.6 Å². The van der Waals surface area contributed by atoms with Gasteiger partial charge in [-0.25, -0.2) is 4.79 Å². The van der Waals surface area contributed by atoms with E-state index >= 15 is 0 Å². The molecule has 3 rings (SSSR count). The lowest BCUT2D eigenvalue weighted by Crippen LogP contribution is -2.17. The Morgan fingerprint density at radius 2 is 1.89 bits per heavy atom. The summed E-state index contributed by atoms with van der Waals surface area (Å²) in [6, 6.07) is 8.69. The summed E-state index contributed by atoms with van der Waals surface area (Å²) < 4.78 is 5.19. The Hall–Kier alpha value is -2.36. The first-order valence-corrected chi connectivity index (χ1v) is 6.15. The van der Waals surface area contributed by atoms with Gasteiger partial charge in [0.2, 0.25) is 0 Å². The number of Topliss-reactive ketones (excluding diaryl/α,β-unsaturated/α-hetero) is 1. The summed E-state index contributed by atoms with van der Waals surface area (Å²) in [6.45, 7) is 0. The van der Waals surface area contributed by atoms with Crippen molar-refractivity contribution in [1.29, 1.82) is 0 Å². The second-order valence-corrected chi connectivity index (χ2v) is 4.58. The van der Waals surface area contributed by atoms with Gasteiger partial charge in [0.1, 0.15) is 11.3 Å². The molecule has 2 aromatic rings. The highest BCUT2D eigenvalue weighted by Gasteiger charge is 2.24. The van der Waals surface area contributed by atoms with E-state index in [4.69, 9.17) is 4.42 Å². The van der Waals surface area contributed by atoms with Crippen LogP contribution >= 0.6 is 0 Å². The van der Waals surface area contributed by atoms with Crippen molar-refractivity contribution in [2.75, 3.05) is 0 Å². The minimum absolute atomic E-state index is 0.0150. The van der Waals surface area contributed by atoms with Gasteiger partial charge in [0.15, 0.2) is 5.78 Å². The Balaban J connectivity index is 2.28. The Morgan fingerprint density at radius 3 is 2.68 bits per heavy atom. The van der Waals surface area contributed by atoms with Crippen molar-refractivity contribution in [2.45, 2.75) is 19.3 Å². The Kier molecular flexibility index (Phi) is 2.71. The molecule has 0 fully saturated rings. The van der Waals surface area contributed by atoms with Gasteiger partial charge in [-0.2, -0.15) is 0 Å².